The molecule has 0 heterocycles. The zero-order chi connectivity index (χ0) is 9.35. The predicted molar refractivity (Wildman–Crippen MR) is 51.9 cm³/mol. The Balaban J connectivity index is 2.70. The van der Waals surface area contributed by atoms with Crippen LogP contribution in [0.5, 0.6) is 0 Å². The lowest BCUT2D eigenvalue weighted by molar-refractivity contribution is -0.0331. The fourth-order valence-electron chi connectivity index (χ4n) is 2.49. The van der Waals surface area contributed by atoms with Crippen LogP contribution in [0.2, 0.25) is 0 Å². The van der Waals surface area contributed by atoms with Crippen LogP contribution in [0.1, 0.15) is 40.0 Å². The zero-order valence-electron chi connectivity index (χ0n) is 8.43. The van der Waals surface area contributed by atoms with Crippen LogP contribution in [-0.2, 0) is 0 Å². The molecule has 0 aromatic heterocycles. The molecule has 0 radical (unpaired) electrons. The van der Waals surface area contributed by atoms with Crippen molar-refractivity contribution in [2.45, 2.75) is 45.6 Å². The summed E-state index contributed by atoms with van der Waals surface area (Å²) in [5.41, 5.74) is 0.621. The highest BCUT2D eigenvalue weighted by atomic mass is 16.3. The maximum Gasteiger partial charge on any atom is 0.0687 e. The normalized spacial score (nSPS) is 42.7. The molecule has 0 bridgehead atoms. The molecule has 3 unspecified atom stereocenters. The van der Waals surface area contributed by atoms with Gasteiger partial charge in [-0.15, -0.1) is 0 Å². The van der Waals surface area contributed by atoms with E-state index in [9.17, 15) is 5.11 Å². The van der Waals surface area contributed by atoms with Gasteiger partial charge in [0.1, 0.15) is 0 Å². The third kappa shape index (κ3) is 1.89. The van der Waals surface area contributed by atoms with Crippen LogP contribution in [0.15, 0.2) is 12.2 Å². The summed E-state index contributed by atoms with van der Waals surface area (Å²) in [5, 5.41) is 10.1. The van der Waals surface area contributed by atoms with Crippen LogP contribution in [-0.4, -0.2) is 10.7 Å². The van der Waals surface area contributed by atoms with Crippen LogP contribution in [0.3, 0.4) is 0 Å². The van der Waals surface area contributed by atoms with Gasteiger partial charge < -0.3 is 5.11 Å². The molecule has 0 spiro atoms. The summed E-state index contributed by atoms with van der Waals surface area (Å²) in [4.78, 5) is 0. The van der Waals surface area contributed by atoms with Crippen LogP contribution >= 0.6 is 0 Å². The van der Waals surface area contributed by atoms with Crippen LogP contribution in [0, 0.1) is 11.8 Å². The Morgan fingerprint density at radius 2 is 2.08 bits per heavy atom. The molecule has 0 aliphatic heterocycles. The Morgan fingerprint density at radius 3 is 2.50 bits per heavy atom. The molecule has 12 heavy (non-hydrogen) atoms. The largest absolute Gasteiger partial charge is 0.390 e. The summed E-state index contributed by atoms with van der Waals surface area (Å²) < 4.78 is 0. The minimum absolute atomic E-state index is 0.314. The molecule has 70 valence electrons. The van der Waals surface area contributed by atoms with Crippen molar-refractivity contribution in [3.05, 3.63) is 12.2 Å². The molecule has 1 aliphatic rings. The first-order valence-corrected chi connectivity index (χ1v) is 4.81. The zero-order valence-corrected chi connectivity index (χ0v) is 8.43. The van der Waals surface area contributed by atoms with E-state index in [0.29, 0.717) is 11.8 Å². The Bertz CT molecular complexity index is 181. The smallest absolute Gasteiger partial charge is 0.0687 e. The van der Waals surface area contributed by atoms with Crippen molar-refractivity contribution in [3.63, 3.8) is 0 Å². The van der Waals surface area contributed by atoms with Crippen molar-refractivity contribution in [2.75, 3.05) is 0 Å². The van der Waals surface area contributed by atoms with E-state index < -0.39 is 5.60 Å². The van der Waals surface area contributed by atoms with Gasteiger partial charge in [0, 0.05) is 5.92 Å². The standard InChI is InChI=1S/C11H20O/c1-8(2)10-6-5-9(3)7-11(10,4)12/h9-10,12H,1,5-7H2,2-4H3. The summed E-state index contributed by atoms with van der Waals surface area (Å²) in [6.45, 7) is 10.1. The van der Waals surface area contributed by atoms with Gasteiger partial charge in [-0.3, -0.25) is 0 Å². The maximum atomic E-state index is 10.1. The summed E-state index contributed by atoms with van der Waals surface area (Å²) in [5.74, 6) is 0.976. The summed E-state index contributed by atoms with van der Waals surface area (Å²) >= 11 is 0. The molecule has 0 aromatic rings. The highest BCUT2D eigenvalue weighted by Gasteiger charge is 2.37. The number of hydrogen-bond acceptors (Lipinski definition) is 1. The van der Waals surface area contributed by atoms with E-state index in [1.807, 2.05) is 13.8 Å². The third-order valence-electron chi connectivity index (χ3n) is 3.06. The predicted octanol–water partition coefficient (Wildman–Crippen LogP) is 2.75. The minimum Gasteiger partial charge on any atom is -0.390 e. The average molecular weight is 168 g/mol. The number of hydrogen-bond donors (Lipinski definition) is 1. The molecule has 1 nitrogen and oxygen atoms in total. The number of rotatable bonds is 1. The molecule has 0 aromatic carbocycles. The van der Waals surface area contributed by atoms with E-state index in [0.717, 1.165) is 18.4 Å². The van der Waals surface area contributed by atoms with Crippen molar-refractivity contribution in [3.8, 4) is 0 Å². The van der Waals surface area contributed by atoms with Gasteiger partial charge >= 0.3 is 0 Å². The van der Waals surface area contributed by atoms with Crippen molar-refractivity contribution in [1.82, 2.24) is 0 Å². The second kappa shape index (κ2) is 3.21. The summed E-state index contributed by atoms with van der Waals surface area (Å²) in [7, 11) is 0. The SMILES string of the molecule is C=C(C)C1CCC(C)CC1(C)O. The van der Waals surface area contributed by atoms with Gasteiger partial charge in [0.05, 0.1) is 5.60 Å². The van der Waals surface area contributed by atoms with Gasteiger partial charge in [-0.05, 0) is 39.0 Å². The Morgan fingerprint density at radius 1 is 1.50 bits per heavy atom. The van der Waals surface area contributed by atoms with Gasteiger partial charge in [-0.2, -0.15) is 0 Å². The topological polar surface area (TPSA) is 20.2 Å². The number of aliphatic hydroxyl groups is 1. The lowest BCUT2D eigenvalue weighted by Gasteiger charge is -2.40. The summed E-state index contributed by atoms with van der Waals surface area (Å²) in [6, 6.07) is 0. The molecular weight excluding hydrogens is 148 g/mol. The molecule has 3 atom stereocenters. The molecule has 0 amide bonds. The second-order valence-corrected chi connectivity index (χ2v) is 4.64. The first-order chi connectivity index (χ1) is 5.43. The van der Waals surface area contributed by atoms with Crippen LogP contribution < -0.4 is 0 Å². The van der Waals surface area contributed by atoms with Gasteiger partial charge in [0.2, 0.25) is 0 Å². The molecule has 0 saturated heterocycles. The van der Waals surface area contributed by atoms with E-state index in [1.165, 1.54) is 6.42 Å². The molecule has 1 rings (SSSR count). The Kier molecular flexibility index (Phi) is 2.62. The van der Waals surface area contributed by atoms with E-state index in [4.69, 9.17) is 0 Å². The quantitative estimate of drug-likeness (QED) is 0.597. The third-order valence-corrected chi connectivity index (χ3v) is 3.06. The van der Waals surface area contributed by atoms with Gasteiger partial charge in [0.25, 0.3) is 0 Å². The minimum atomic E-state index is -0.510. The van der Waals surface area contributed by atoms with Gasteiger partial charge in [0.15, 0.2) is 0 Å². The lowest BCUT2D eigenvalue weighted by Crippen LogP contribution is -2.40. The molecule has 1 N–H and O–H groups in total. The molecule has 1 heteroatoms. The molecule has 1 saturated carbocycles. The fraction of sp³-hybridized carbons (Fsp3) is 0.818. The molecular formula is C11H20O. The second-order valence-electron chi connectivity index (χ2n) is 4.64. The summed E-state index contributed by atoms with van der Waals surface area (Å²) in [6.07, 6.45) is 3.25. The lowest BCUT2D eigenvalue weighted by atomic mass is 9.70. The van der Waals surface area contributed by atoms with E-state index in [-0.39, 0.29) is 0 Å². The highest BCUT2D eigenvalue weighted by Crippen LogP contribution is 2.39. The maximum absolute atomic E-state index is 10.1. The molecule has 1 aliphatic carbocycles. The van der Waals surface area contributed by atoms with Gasteiger partial charge in [-0.1, -0.05) is 19.1 Å². The van der Waals surface area contributed by atoms with Crippen molar-refractivity contribution in [2.24, 2.45) is 11.8 Å². The van der Waals surface area contributed by atoms with E-state index in [2.05, 4.69) is 13.5 Å². The van der Waals surface area contributed by atoms with Crippen LogP contribution in [0.25, 0.3) is 0 Å². The van der Waals surface area contributed by atoms with Crippen molar-refractivity contribution in [1.29, 1.82) is 0 Å². The van der Waals surface area contributed by atoms with Crippen LogP contribution in [0.4, 0.5) is 0 Å². The fourth-order valence-corrected chi connectivity index (χ4v) is 2.49. The Labute approximate surface area is 75.5 Å². The molecule has 1 fully saturated rings. The van der Waals surface area contributed by atoms with Crippen molar-refractivity contribution >= 4 is 0 Å². The highest BCUT2D eigenvalue weighted by molar-refractivity contribution is 5.06. The van der Waals surface area contributed by atoms with Crippen molar-refractivity contribution < 1.29 is 5.11 Å². The van der Waals surface area contributed by atoms with E-state index in [1.54, 1.807) is 0 Å². The Hall–Kier alpha value is -0.300. The first-order valence-electron chi connectivity index (χ1n) is 4.81. The van der Waals surface area contributed by atoms with Gasteiger partial charge in [-0.25, -0.2) is 0 Å². The average Bonchev–Trinajstić information content (AvgIpc) is 1.82. The van der Waals surface area contributed by atoms with E-state index >= 15 is 0 Å². The monoisotopic (exact) mass is 168 g/mol. The first kappa shape index (κ1) is 9.79.